The highest BCUT2D eigenvalue weighted by molar-refractivity contribution is 5.57. The lowest BCUT2D eigenvalue weighted by Gasteiger charge is -2.14. The van der Waals surface area contributed by atoms with Crippen molar-refractivity contribution in [2.45, 2.75) is 46.1 Å². The van der Waals surface area contributed by atoms with Crippen LogP contribution in [0.25, 0.3) is 11.4 Å². The Morgan fingerprint density at radius 2 is 1.89 bits per heavy atom. The Labute approximate surface area is 115 Å². The fraction of sp³-hybridized carbons (Fsp3) is 0.471. The Kier molecular flexibility index (Phi) is 3.17. The number of aromatic nitrogens is 2. The van der Waals surface area contributed by atoms with Crippen LogP contribution in [0.1, 0.15) is 44.0 Å². The Balaban J connectivity index is 2.10. The summed E-state index contributed by atoms with van der Waals surface area (Å²) in [4.78, 5) is 4.85. The van der Waals surface area contributed by atoms with E-state index >= 15 is 0 Å². The van der Waals surface area contributed by atoms with Crippen molar-refractivity contribution < 1.29 is 0 Å². The molecule has 2 heteroatoms. The molecule has 0 radical (unpaired) electrons. The fourth-order valence-electron chi connectivity index (χ4n) is 2.87. The number of hydrogen-bond donors (Lipinski definition) is 0. The van der Waals surface area contributed by atoms with Gasteiger partial charge >= 0.3 is 0 Å². The highest BCUT2D eigenvalue weighted by Gasteiger charge is 2.26. The van der Waals surface area contributed by atoms with E-state index in [2.05, 4.69) is 55.7 Å². The molecular weight excluding hydrogens is 232 g/mol. The zero-order chi connectivity index (χ0) is 13.4. The van der Waals surface area contributed by atoms with Gasteiger partial charge in [0.05, 0.1) is 5.69 Å². The number of benzene rings is 1. The van der Waals surface area contributed by atoms with Gasteiger partial charge in [-0.2, -0.15) is 0 Å². The Hall–Kier alpha value is -1.57. The van der Waals surface area contributed by atoms with Crippen LogP contribution in [0.4, 0.5) is 0 Å². The van der Waals surface area contributed by atoms with E-state index in [1.165, 1.54) is 29.8 Å². The van der Waals surface area contributed by atoms with Gasteiger partial charge in [-0.25, -0.2) is 4.98 Å². The van der Waals surface area contributed by atoms with Crippen molar-refractivity contribution in [3.8, 4) is 11.4 Å². The molecule has 1 aromatic heterocycles. The molecule has 1 heterocycles. The van der Waals surface area contributed by atoms with E-state index in [1.54, 1.807) is 0 Å². The van der Waals surface area contributed by atoms with Crippen LogP contribution in [-0.2, 0) is 6.54 Å². The molecular formula is C17H22N2. The van der Waals surface area contributed by atoms with Crippen LogP contribution in [0.3, 0.4) is 0 Å². The number of hydrogen-bond acceptors (Lipinski definition) is 1. The minimum absolute atomic E-state index is 0.531. The van der Waals surface area contributed by atoms with Gasteiger partial charge in [-0.05, 0) is 31.6 Å². The van der Waals surface area contributed by atoms with Gasteiger partial charge in [0.25, 0.3) is 0 Å². The number of rotatable bonds is 4. The number of imidazole rings is 1. The lowest BCUT2D eigenvalue weighted by Crippen LogP contribution is -2.08. The predicted molar refractivity (Wildman–Crippen MR) is 79.2 cm³/mol. The summed E-state index contributed by atoms with van der Waals surface area (Å²) in [5, 5.41) is 0. The van der Waals surface area contributed by atoms with Crippen LogP contribution in [-0.4, -0.2) is 9.55 Å². The van der Waals surface area contributed by atoms with Gasteiger partial charge in [-0.15, -0.1) is 0 Å². The molecule has 3 rings (SSSR count). The van der Waals surface area contributed by atoms with E-state index < -0.39 is 0 Å². The van der Waals surface area contributed by atoms with E-state index in [9.17, 15) is 0 Å². The molecule has 1 aromatic carbocycles. The van der Waals surface area contributed by atoms with Crippen LogP contribution >= 0.6 is 0 Å². The van der Waals surface area contributed by atoms with Crippen LogP contribution < -0.4 is 0 Å². The molecule has 0 atom stereocenters. The minimum atomic E-state index is 0.531. The predicted octanol–water partition coefficient (Wildman–Crippen LogP) is 4.39. The second-order valence-electron chi connectivity index (χ2n) is 5.98. The highest BCUT2D eigenvalue weighted by Crippen LogP contribution is 2.35. The maximum absolute atomic E-state index is 4.85. The molecule has 100 valence electrons. The molecule has 0 saturated heterocycles. The Morgan fingerprint density at radius 3 is 2.47 bits per heavy atom. The Bertz CT molecular complexity index is 562. The first-order chi connectivity index (χ1) is 9.16. The summed E-state index contributed by atoms with van der Waals surface area (Å²) in [6, 6.07) is 10.6. The monoisotopic (exact) mass is 254 g/mol. The largest absolute Gasteiger partial charge is 0.327 e. The van der Waals surface area contributed by atoms with Gasteiger partial charge in [0.2, 0.25) is 0 Å². The summed E-state index contributed by atoms with van der Waals surface area (Å²) in [5.74, 6) is 2.55. The van der Waals surface area contributed by atoms with Crippen molar-refractivity contribution in [1.82, 2.24) is 9.55 Å². The summed E-state index contributed by atoms with van der Waals surface area (Å²) in [5.41, 5.74) is 3.83. The average Bonchev–Trinajstić information content (AvgIpc) is 3.13. The van der Waals surface area contributed by atoms with Crippen molar-refractivity contribution >= 4 is 0 Å². The van der Waals surface area contributed by atoms with Crippen LogP contribution in [0, 0.1) is 12.8 Å². The van der Waals surface area contributed by atoms with Crippen LogP contribution in [0.2, 0.25) is 0 Å². The van der Waals surface area contributed by atoms with Gasteiger partial charge in [-0.1, -0.05) is 44.2 Å². The highest BCUT2D eigenvalue weighted by atomic mass is 15.1. The van der Waals surface area contributed by atoms with Gasteiger partial charge in [0, 0.05) is 17.8 Å². The standard InChI is InChI=1S/C17H22N2/c1-12(2)16-13(3)18-17(15-7-5-4-6-8-15)19(16)11-14-9-10-14/h4-8,12,14H,9-11H2,1-3H3. The molecule has 0 bridgehead atoms. The van der Waals surface area contributed by atoms with Crippen molar-refractivity contribution in [2.24, 2.45) is 5.92 Å². The smallest absolute Gasteiger partial charge is 0.140 e. The summed E-state index contributed by atoms with van der Waals surface area (Å²) >= 11 is 0. The molecule has 2 nitrogen and oxygen atoms in total. The first-order valence-corrected chi connectivity index (χ1v) is 7.29. The summed E-state index contributed by atoms with van der Waals surface area (Å²) in [6.07, 6.45) is 2.76. The van der Waals surface area contributed by atoms with E-state index in [4.69, 9.17) is 4.98 Å². The molecule has 0 aliphatic heterocycles. The number of nitrogens with zero attached hydrogens (tertiary/aromatic N) is 2. The normalized spacial score (nSPS) is 15.2. The molecule has 19 heavy (non-hydrogen) atoms. The van der Waals surface area contributed by atoms with Crippen LogP contribution in [0.15, 0.2) is 30.3 Å². The summed E-state index contributed by atoms with van der Waals surface area (Å²) in [6.45, 7) is 7.81. The molecule has 2 aromatic rings. The van der Waals surface area contributed by atoms with Gasteiger partial charge < -0.3 is 4.57 Å². The zero-order valence-electron chi connectivity index (χ0n) is 12.1. The molecule has 1 fully saturated rings. The van der Waals surface area contributed by atoms with E-state index in [-0.39, 0.29) is 0 Å². The third-order valence-corrected chi connectivity index (χ3v) is 3.91. The third-order valence-electron chi connectivity index (χ3n) is 3.91. The average molecular weight is 254 g/mol. The third kappa shape index (κ3) is 2.44. The molecule has 0 amide bonds. The molecule has 1 saturated carbocycles. The second-order valence-corrected chi connectivity index (χ2v) is 5.98. The SMILES string of the molecule is Cc1nc(-c2ccccc2)n(CC2CC2)c1C(C)C. The molecule has 1 aliphatic carbocycles. The Morgan fingerprint density at radius 1 is 1.21 bits per heavy atom. The quantitative estimate of drug-likeness (QED) is 0.791. The lowest BCUT2D eigenvalue weighted by atomic mass is 10.1. The second kappa shape index (κ2) is 4.84. The first kappa shape index (κ1) is 12.5. The summed E-state index contributed by atoms with van der Waals surface area (Å²) < 4.78 is 2.47. The lowest BCUT2D eigenvalue weighted by molar-refractivity contribution is 0.589. The first-order valence-electron chi connectivity index (χ1n) is 7.29. The summed E-state index contributed by atoms with van der Waals surface area (Å²) in [7, 11) is 0. The number of aryl methyl sites for hydroxylation is 1. The van der Waals surface area contributed by atoms with Crippen molar-refractivity contribution in [3.63, 3.8) is 0 Å². The molecule has 0 unspecified atom stereocenters. The van der Waals surface area contributed by atoms with Crippen molar-refractivity contribution in [2.75, 3.05) is 0 Å². The van der Waals surface area contributed by atoms with Crippen LogP contribution in [0.5, 0.6) is 0 Å². The molecule has 0 N–H and O–H groups in total. The van der Waals surface area contributed by atoms with E-state index in [0.717, 1.165) is 18.3 Å². The van der Waals surface area contributed by atoms with Crippen molar-refractivity contribution in [3.05, 3.63) is 41.7 Å². The van der Waals surface area contributed by atoms with Crippen molar-refractivity contribution in [1.29, 1.82) is 0 Å². The maximum Gasteiger partial charge on any atom is 0.140 e. The van der Waals surface area contributed by atoms with Gasteiger partial charge in [0.15, 0.2) is 0 Å². The van der Waals surface area contributed by atoms with E-state index in [1.807, 2.05) is 0 Å². The maximum atomic E-state index is 4.85. The fourth-order valence-corrected chi connectivity index (χ4v) is 2.87. The molecule has 1 aliphatic rings. The van der Waals surface area contributed by atoms with Gasteiger partial charge in [-0.3, -0.25) is 0 Å². The topological polar surface area (TPSA) is 17.8 Å². The van der Waals surface area contributed by atoms with E-state index in [0.29, 0.717) is 5.92 Å². The minimum Gasteiger partial charge on any atom is -0.327 e. The molecule has 0 spiro atoms. The van der Waals surface area contributed by atoms with Gasteiger partial charge in [0.1, 0.15) is 5.82 Å². The zero-order valence-corrected chi connectivity index (χ0v) is 12.1.